The Labute approximate surface area is 124 Å². The van der Waals surface area contributed by atoms with Crippen molar-refractivity contribution in [3.05, 3.63) is 16.2 Å². The zero-order valence-corrected chi connectivity index (χ0v) is 13.0. The van der Waals surface area contributed by atoms with Crippen molar-refractivity contribution in [1.29, 1.82) is 5.26 Å². The van der Waals surface area contributed by atoms with Gasteiger partial charge in [-0.05, 0) is 19.1 Å². The van der Waals surface area contributed by atoms with Crippen LogP contribution in [0.1, 0.15) is 31.5 Å². The summed E-state index contributed by atoms with van der Waals surface area (Å²) in [5.74, 6) is 0.603. The molecule has 0 aliphatic heterocycles. The average molecular weight is 306 g/mol. The van der Waals surface area contributed by atoms with Gasteiger partial charge in [0.15, 0.2) is 14.7 Å². The molecule has 0 N–H and O–H groups in total. The van der Waals surface area contributed by atoms with Crippen molar-refractivity contribution < 1.29 is 0 Å². The van der Waals surface area contributed by atoms with Gasteiger partial charge in [0, 0.05) is 7.05 Å². The number of hydrogen-bond acceptors (Lipinski definition) is 6. The van der Waals surface area contributed by atoms with E-state index in [0.29, 0.717) is 16.2 Å². The molecule has 0 bridgehead atoms. The molecular formula is C13H14N4OS2. The molecule has 2 aromatic rings. The van der Waals surface area contributed by atoms with Crippen LogP contribution >= 0.6 is 23.1 Å². The van der Waals surface area contributed by atoms with Gasteiger partial charge >= 0.3 is 0 Å². The summed E-state index contributed by atoms with van der Waals surface area (Å²) in [7, 11) is 1.69. The second-order valence-electron chi connectivity index (χ2n) is 5.04. The number of fused-ring (bicyclic) bond motifs is 1. The van der Waals surface area contributed by atoms with E-state index in [1.165, 1.54) is 27.7 Å². The summed E-state index contributed by atoms with van der Waals surface area (Å²) in [4.78, 5) is 22.0. The molecule has 2 heterocycles. The quantitative estimate of drug-likeness (QED) is 0.797. The van der Waals surface area contributed by atoms with E-state index in [0.717, 1.165) is 30.0 Å². The number of nitriles is 1. The van der Waals surface area contributed by atoms with Gasteiger partial charge in [-0.15, -0.1) is 0 Å². The van der Waals surface area contributed by atoms with E-state index in [-0.39, 0.29) is 5.56 Å². The van der Waals surface area contributed by atoms with Crippen LogP contribution in [0.3, 0.4) is 0 Å². The van der Waals surface area contributed by atoms with E-state index in [4.69, 9.17) is 0 Å². The molecule has 20 heavy (non-hydrogen) atoms. The molecule has 1 aliphatic rings. The predicted octanol–water partition coefficient (Wildman–Crippen LogP) is 2.45. The van der Waals surface area contributed by atoms with E-state index in [9.17, 15) is 10.1 Å². The lowest BCUT2D eigenvalue weighted by atomic mass is 9.87. The Hall–Kier alpha value is -1.39. The van der Waals surface area contributed by atoms with Crippen molar-refractivity contribution in [2.45, 2.75) is 35.4 Å². The molecular weight excluding hydrogens is 292 g/mol. The van der Waals surface area contributed by atoms with Crippen molar-refractivity contribution in [1.82, 2.24) is 14.5 Å². The molecule has 1 saturated carbocycles. The van der Waals surface area contributed by atoms with Crippen molar-refractivity contribution in [2.75, 3.05) is 6.26 Å². The Balaban J connectivity index is 2.29. The summed E-state index contributed by atoms with van der Waals surface area (Å²) in [6, 6.07) is 2.40. The van der Waals surface area contributed by atoms with Crippen molar-refractivity contribution in [3.63, 3.8) is 0 Å². The van der Waals surface area contributed by atoms with Gasteiger partial charge < -0.3 is 0 Å². The highest BCUT2D eigenvalue weighted by Gasteiger charge is 2.40. The Bertz CT molecular complexity index is 765. The summed E-state index contributed by atoms with van der Waals surface area (Å²) >= 11 is 2.93. The van der Waals surface area contributed by atoms with Gasteiger partial charge in [0.05, 0.1) is 6.07 Å². The molecule has 0 unspecified atom stereocenters. The van der Waals surface area contributed by atoms with E-state index >= 15 is 0 Å². The van der Waals surface area contributed by atoms with Gasteiger partial charge in [0.2, 0.25) is 0 Å². The minimum absolute atomic E-state index is 0.150. The lowest BCUT2D eigenvalue weighted by molar-refractivity contribution is 0.501. The summed E-state index contributed by atoms with van der Waals surface area (Å²) in [5, 5.41) is 9.59. The molecule has 1 fully saturated rings. The normalized spacial score (nSPS) is 17.4. The van der Waals surface area contributed by atoms with Crippen LogP contribution in [-0.4, -0.2) is 20.8 Å². The molecule has 104 valence electrons. The van der Waals surface area contributed by atoms with Gasteiger partial charge in [-0.3, -0.25) is 9.36 Å². The summed E-state index contributed by atoms with van der Waals surface area (Å²) in [6.07, 6.45) is 5.52. The summed E-state index contributed by atoms with van der Waals surface area (Å²) in [5.41, 5.74) is -0.342. The highest BCUT2D eigenvalue weighted by molar-refractivity contribution is 8.00. The fourth-order valence-corrected chi connectivity index (χ4v) is 4.23. The second kappa shape index (κ2) is 4.86. The molecule has 0 spiro atoms. The third-order valence-electron chi connectivity index (χ3n) is 3.90. The van der Waals surface area contributed by atoms with Crippen LogP contribution in [-0.2, 0) is 12.5 Å². The number of rotatable bonds is 2. The molecule has 3 rings (SSSR count). The maximum absolute atomic E-state index is 12.4. The number of nitrogens with zero attached hydrogens (tertiary/aromatic N) is 4. The summed E-state index contributed by atoms with van der Waals surface area (Å²) < 4.78 is 2.35. The first-order valence-corrected chi connectivity index (χ1v) is 8.49. The van der Waals surface area contributed by atoms with Crippen LogP contribution in [0, 0.1) is 11.3 Å². The maximum atomic E-state index is 12.4. The van der Waals surface area contributed by atoms with Gasteiger partial charge in [-0.1, -0.05) is 35.9 Å². The van der Waals surface area contributed by atoms with Gasteiger partial charge in [0.25, 0.3) is 5.56 Å². The fourth-order valence-electron chi connectivity index (χ4n) is 2.81. The second-order valence-corrected chi connectivity index (χ2v) is 7.07. The van der Waals surface area contributed by atoms with E-state index in [1.54, 1.807) is 7.05 Å². The highest BCUT2D eigenvalue weighted by Crippen LogP contribution is 2.39. The molecule has 0 aromatic carbocycles. The number of aromatic nitrogens is 3. The van der Waals surface area contributed by atoms with Crippen molar-refractivity contribution >= 4 is 33.4 Å². The van der Waals surface area contributed by atoms with E-state index in [1.807, 2.05) is 6.26 Å². The molecule has 2 aromatic heterocycles. The first-order chi connectivity index (χ1) is 9.61. The Morgan fingerprint density at radius 1 is 1.40 bits per heavy atom. The highest BCUT2D eigenvalue weighted by atomic mass is 32.2. The number of thiazole rings is 1. The molecule has 0 amide bonds. The van der Waals surface area contributed by atoms with Gasteiger partial charge in [-0.25, -0.2) is 9.97 Å². The van der Waals surface area contributed by atoms with Crippen LogP contribution in [0.4, 0.5) is 0 Å². The fraction of sp³-hybridized carbons (Fsp3) is 0.538. The average Bonchev–Trinajstić information content (AvgIpc) is 3.09. The smallest absolute Gasteiger partial charge is 0.280 e. The molecule has 5 nitrogen and oxygen atoms in total. The topological polar surface area (TPSA) is 71.6 Å². The third kappa shape index (κ3) is 1.86. The Kier molecular flexibility index (Phi) is 3.30. The SMILES string of the molecule is CSc1nc2c(=O)n(C)c(C3(C#N)CCCC3)nc2s1. The molecule has 0 saturated heterocycles. The third-order valence-corrected chi connectivity index (χ3v) is 5.83. The molecule has 7 heteroatoms. The standard InChI is InChI=1S/C13H14N4OS2/c1-17-10(18)8-9(20-12(15-8)19-2)16-11(17)13(7-14)5-3-4-6-13/h3-6H2,1-2H3. The Morgan fingerprint density at radius 3 is 2.70 bits per heavy atom. The minimum Gasteiger partial charge on any atom is -0.296 e. The predicted molar refractivity (Wildman–Crippen MR) is 80.2 cm³/mol. The van der Waals surface area contributed by atoms with Crippen LogP contribution in [0.2, 0.25) is 0 Å². The molecule has 0 atom stereocenters. The number of thioether (sulfide) groups is 1. The maximum Gasteiger partial charge on any atom is 0.280 e. The first-order valence-electron chi connectivity index (χ1n) is 6.44. The Morgan fingerprint density at radius 2 is 2.10 bits per heavy atom. The van der Waals surface area contributed by atoms with Crippen LogP contribution in [0.15, 0.2) is 9.13 Å². The van der Waals surface area contributed by atoms with Crippen molar-refractivity contribution in [2.24, 2.45) is 7.05 Å². The minimum atomic E-state index is -0.606. The molecule has 1 aliphatic carbocycles. The zero-order valence-electron chi connectivity index (χ0n) is 11.3. The van der Waals surface area contributed by atoms with Crippen molar-refractivity contribution in [3.8, 4) is 6.07 Å². The monoisotopic (exact) mass is 306 g/mol. The summed E-state index contributed by atoms with van der Waals surface area (Å²) in [6.45, 7) is 0. The largest absolute Gasteiger partial charge is 0.296 e. The molecule has 0 radical (unpaired) electrons. The first kappa shape index (κ1) is 13.6. The van der Waals surface area contributed by atoms with E-state index < -0.39 is 5.41 Å². The van der Waals surface area contributed by atoms with Crippen LogP contribution < -0.4 is 5.56 Å². The van der Waals surface area contributed by atoms with Gasteiger partial charge in [0.1, 0.15) is 11.2 Å². The lowest BCUT2D eigenvalue weighted by Gasteiger charge is -2.21. The van der Waals surface area contributed by atoms with Gasteiger partial charge in [-0.2, -0.15) is 5.26 Å². The lowest BCUT2D eigenvalue weighted by Crippen LogP contribution is -2.32. The van der Waals surface area contributed by atoms with E-state index in [2.05, 4.69) is 16.0 Å². The van der Waals surface area contributed by atoms with Crippen LogP contribution in [0.5, 0.6) is 0 Å². The number of hydrogen-bond donors (Lipinski definition) is 0. The zero-order chi connectivity index (χ0) is 14.3. The van der Waals surface area contributed by atoms with Crippen LogP contribution in [0.25, 0.3) is 10.3 Å².